The molecule has 0 radical (unpaired) electrons. The Kier molecular flexibility index (Phi) is 5.93. The van der Waals surface area contributed by atoms with Gasteiger partial charge >= 0.3 is 5.97 Å². The number of amides is 2. The SMILES string of the molecule is C=CC(=O)N1CCC(C(=O)NC(C)(C)CC(=O)OC)CC1. The molecule has 0 aromatic heterocycles. The lowest BCUT2D eigenvalue weighted by Gasteiger charge is -2.33. The topological polar surface area (TPSA) is 75.7 Å². The summed E-state index contributed by atoms with van der Waals surface area (Å²) in [5.74, 6) is -0.656. The Balaban J connectivity index is 2.48. The summed E-state index contributed by atoms with van der Waals surface area (Å²) in [7, 11) is 1.33. The quantitative estimate of drug-likeness (QED) is 0.603. The molecule has 1 fully saturated rings. The fraction of sp³-hybridized carbons (Fsp3) is 0.667. The molecule has 0 aliphatic carbocycles. The molecule has 0 bridgehead atoms. The molecule has 21 heavy (non-hydrogen) atoms. The third-order valence-corrected chi connectivity index (χ3v) is 3.63. The molecule has 1 saturated heterocycles. The van der Waals surface area contributed by atoms with E-state index in [1.165, 1.54) is 13.2 Å². The molecule has 0 saturated carbocycles. The molecule has 0 atom stereocenters. The van der Waals surface area contributed by atoms with Gasteiger partial charge in [-0.2, -0.15) is 0 Å². The van der Waals surface area contributed by atoms with Crippen molar-refractivity contribution in [3.8, 4) is 0 Å². The Morgan fingerprint density at radius 3 is 2.38 bits per heavy atom. The number of likely N-dealkylation sites (tertiary alicyclic amines) is 1. The lowest BCUT2D eigenvalue weighted by atomic mass is 9.93. The maximum absolute atomic E-state index is 12.2. The Labute approximate surface area is 125 Å². The van der Waals surface area contributed by atoms with Crippen molar-refractivity contribution in [1.29, 1.82) is 0 Å². The van der Waals surface area contributed by atoms with Gasteiger partial charge in [-0.1, -0.05) is 6.58 Å². The van der Waals surface area contributed by atoms with Gasteiger partial charge in [-0.05, 0) is 32.8 Å². The fourth-order valence-corrected chi connectivity index (χ4v) is 2.40. The van der Waals surface area contributed by atoms with Crippen LogP contribution in [0.5, 0.6) is 0 Å². The largest absolute Gasteiger partial charge is 0.469 e. The molecule has 1 aliphatic heterocycles. The number of methoxy groups -OCH3 is 1. The highest BCUT2D eigenvalue weighted by molar-refractivity contribution is 5.87. The van der Waals surface area contributed by atoms with Gasteiger partial charge < -0.3 is 15.0 Å². The van der Waals surface area contributed by atoms with E-state index in [-0.39, 0.29) is 30.1 Å². The first-order valence-electron chi connectivity index (χ1n) is 7.09. The zero-order valence-electron chi connectivity index (χ0n) is 13.0. The van der Waals surface area contributed by atoms with Gasteiger partial charge in [-0.25, -0.2) is 0 Å². The smallest absolute Gasteiger partial charge is 0.307 e. The molecule has 6 nitrogen and oxygen atoms in total. The number of carbonyl (C=O) groups excluding carboxylic acids is 3. The molecular weight excluding hydrogens is 272 g/mol. The number of nitrogens with zero attached hydrogens (tertiary/aromatic N) is 1. The molecule has 0 unspecified atom stereocenters. The molecule has 1 heterocycles. The van der Waals surface area contributed by atoms with Crippen LogP contribution >= 0.6 is 0 Å². The Bertz CT molecular complexity index is 423. The van der Waals surface area contributed by atoms with E-state index in [2.05, 4.69) is 16.6 Å². The molecule has 0 aromatic carbocycles. The van der Waals surface area contributed by atoms with E-state index < -0.39 is 5.54 Å². The van der Waals surface area contributed by atoms with Crippen LogP contribution in [0.1, 0.15) is 33.1 Å². The van der Waals surface area contributed by atoms with Crippen molar-refractivity contribution >= 4 is 17.8 Å². The predicted molar refractivity (Wildman–Crippen MR) is 78.4 cm³/mol. The molecular formula is C15H24N2O4. The summed E-state index contributed by atoms with van der Waals surface area (Å²) in [6.07, 6.45) is 2.67. The second kappa shape index (κ2) is 7.24. The zero-order chi connectivity index (χ0) is 16.0. The van der Waals surface area contributed by atoms with Crippen LogP contribution in [0, 0.1) is 5.92 Å². The van der Waals surface area contributed by atoms with E-state index in [0.717, 1.165) is 0 Å². The Morgan fingerprint density at radius 1 is 1.33 bits per heavy atom. The number of ether oxygens (including phenoxy) is 1. The minimum absolute atomic E-state index is 0.0744. The van der Waals surface area contributed by atoms with Crippen molar-refractivity contribution in [2.75, 3.05) is 20.2 Å². The minimum atomic E-state index is -0.641. The maximum atomic E-state index is 12.2. The number of carbonyl (C=O) groups is 3. The summed E-state index contributed by atoms with van der Waals surface area (Å²) in [6, 6.07) is 0. The monoisotopic (exact) mass is 296 g/mol. The predicted octanol–water partition coefficient (Wildman–Crippen LogP) is 0.869. The summed E-state index contributed by atoms with van der Waals surface area (Å²) in [4.78, 5) is 36.7. The highest BCUT2D eigenvalue weighted by Crippen LogP contribution is 2.19. The van der Waals surface area contributed by atoms with Gasteiger partial charge in [0, 0.05) is 24.5 Å². The normalized spacial score (nSPS) is 16.2. The van der Waals surface area contributed by atoms with Crippen LogP contribution in [0.2, 0.25) is 0 Å². The van der Waals surface area contributed by atoms with E-state index in [4.69, 9.17) is 0 Å². The fourth-order valence-electron chi connectivity index (χ4n) is 2.40. The van der Waals surface area contributed by atoms with Gasteiger partial charge in [-0.3, -0.25) is 14.4 Å². The van der Waals surface area contributed by atoms with Crippen molar-refractivity contribution in [3.05, 3.63) is 12.7 Å². The number of hydrogen-bond acceptors (Lipinski definition) is 4. The van der Waals surface area contributed by atoms with Crippen LogP contribution in [0.3, 0.4) is 0 Å². The summed E-state index contributed by atoms with van der Waals surface area (Å²) < 4.78 is 4.62. The Morgan fingerprint density at radius 2 is 1.90 bits per heavy atom. The number of esters is 1. The van der Waals surface area contributed by atoms with E-state index >= 15 is 0 Å². The van der Waals surface area contributed by atoms with E-state index in [9.17, 15) is 14.4 Å². The van der Waals surface area contributed by atoms with Crippen molar-refractivity contribution in [3.63, 3.8) is 0 Å². The van der Waals surface area contributed by atoms with Gasteiger partial charge in [0.25, 0.3) is 0 Å². The van der Waals surface area contributed by atoms with Crippen molar-refractivity contribution < 1.29 is 19.1 Å². The minimum Gasteiger partial charge on any atom is -0.469 e. The van der Waals surface area contributed by atoms with Gasteiger partial charge in [0.1, 0.15) is 0 Å². The molecule has 2 amide bonds. The molecule has 6 heteroatoms. The molecule has 118 valence electrons. The van der Waals surface area contributed by atoms with Crippen LogP contribution in [-0.4, -0.2) is 48.4 Å². The average Bonchev–Trinajstić information content (AvgIpc) is 2.45. The maximum Gasteiger partial charge on any atom is 0.307 e. The zero-order valence-corrected chi connectivity index (χ0v) is 13.0. The van der Waals surface area contributed by atoms with Crippen molar-refractivity contribution in [2.45, 2.75) is 38.6 Å². The first-order valence-corrected chi connectivity index (χ1v) is 7.09. The first kappa shape index (κ1) is 17.2. The first-order chi connectivity index (χ1) is 9.79. The number of nitrogens with one attached hydrogen (secondary N) is 1. The van der Waals surface area contributed by atoms with Gasteiger partial charge in [0.15, 0.2) is 0 Å². The molecule has 1 rings (SSSR count). The lowest BCUT2D eigenvalue weighted by Crippen LogP contribution is -2.50. The van der Waals surface area contributed by atoms with Gasteiger partial charge in [-0.15, -0.1) is 0 Å². The highest BCUT2D eigenvalue weighted by Gasteiger charge is 2.31. The van der Waals surface area contributed by atoms with Crippen molar-refractivity contribution in [2.24, 2.45) is 5.92 Å². The molecule has 0 aromatic rings. The van der Waals surface area contributed by atoms with Crippen LogP contribution in [0.4, 0.5) is 0 Å². The van der Waals surface area contributed by atoms with E-state index in [0.29, 0.717) is 25.9 Å². The van der Waals surface area contributed by atoms with Crippen LogP contribution in [-0.2, 0) is 19.1 Å². The van der Waals surface area contributed by atoms with Crippen LogP contribution in [0.25, 0.3) is 0 Å². The highest BCUT2D eigenvalue weighted by atomic mass is 16.5. The summed E-state index contributed by atoms with van der Waals surface area (Å²) in [5.41, 5.74) is -0.641. The summed E-state index contributed by atoms with van der Waals surface area (Å²) in [5, 5.41) is 2.89. The van der Waals surface area contributed by atoms with Gasteiger partial charge in [0.05, 0.1) is 13.5 Å². The number of piperidine rings is 1. The number of hydrogen-bond donors (Lipinski definition) is 1. The second-order valence-corrected chi connectivity index (χ2v) is 5.93. The summed E-state index contributed by atoms with van der Waals surface area (Å²) >= 11 is 0. The molecule has 1 aliphatic rings. The van der Waals surface area contributed by atoms with Crippen LogP contribution in [0.15, 0.2) is 12.7 Å². The Hall–Kier alpha value is -1.85. The number of rotatable bonds is 5. The third-order valence-electron chi connectivity index (χ3n) is 3.63. The summed E-state index contributed by atoms with van der Waals surface area (Å²) in [6.45, 7) is 8.15. The van der Waals surface area contributed by atoms with E-state index in [1.807, 2.05) is 0 Å². The lowest BCUT2D eigenvalue weighted by molar-refractivity contribution is -0.142. The standard InChI is InChI=1S/C15H24N2O4/c1-5-12(18)17-8-6-11(7-9-17)14(20)16-15(2,3)10-13(19)21-4/h5,11H,1,6-10H2,2-4H3,(H,16,20). The molecule has 0 spiro atoms. The molecule has 1 N–H and O–H groups in total. The van der Waals surface area contributed by atoms with Crippen LogP contribution < -0.4 is 5.32 Å². The average molecular weight is 296 g/mol. The van der Waals surface area contributed by atoms with Crippen molar-refractivity contribution in [1.82, 2.24) is 10.2 Å². The second-order valence-electron chi connectivity index (χ2n) is 5.93. The van der Waals surface area contributed by atoms with E-state index in [1.54, 1.807) is 18.7 Å². The third kappa shape index (κ3) is 5.21. The van der Waals surface area contributed by atoms with Gasteiger partial charge in [0.2, 0.25) is 11.8 Å².